The van der Waals surface area contributed by atoms with E-state index in [2.05, 4.69) is 52.0 Å². The summed E-state index contributed by atoms with van der Waals surface area (Å²) in [5.41, 5.74) is 2.01. The van der Waals surface area contributed by atoms with E-state index in [0.717, 1.165) is 45.2 Å². The Morgan fingerprint density at radius 3 is 2.64 bits per heavy atom. The third-order valence-corrected chi connectivity index (χ3v) is 4.80. The van der Waals surface area contributed by atoms with Crippen LogP contribution < -0.4 is 16.0 Å². The molecule has 8 nitrogen and oxygen atoms in total. The largest absolute Gasteiger partial charge is 0.444 e. The van der Waals surface area contributed by atoms with Crippen LogP contribution in [0, 0.1) is 0 Å². The lowest BCUT2D eigenvalue weighted by atomic mass is 10.1. The summed E-state index contributed by atoms with van der Waals surface area (Å²) in [5.74, 6) is 0.775. The number of morpholine rings is 1. The zero-order chi connectivity index (χ0) is 23.4. The second-order valence-electron chi connectivity index (χ2n) is 9.14. The van der Waals surface area contributed by atoms with Crippen LogP contribution in [0.4, 0.5) is 4.79 Å². The molecule has 1 aromatic rings. The number of alkyl carbamates (subject to hydrolysis) is 1. The molecule has 1 atom stereocenters. The summed E-state index contributed by atoms with van der Waals surface area (Å²) < 4.78 is 10.9. The first-order chi connectivity index (χ1) is 15.2. The van der Waals surface area contributed by atoms with Gasteiger partial charge in [-0.25, -0.2) is 9.79 Å². The number of benzene rings is 1. The lowest BCUT2D eigenvalue weighted by Gasteiger charge is -2.31. The van der Waals surface area contributed by atoms with Crippen LogP contribution in [0.1, 0.15) is 52.2 Å². The minimum atomic E-state index is -0.481. The number of hydrogen-bond acceptors (Lipinski definition) is 5. The highest BCUT2D eigenvalue weighted by atomic mass is 127. The number of aliphatic imine (C=N–C) groups is 1. The maximum absolute atomic E-state index is 11.7. The van der Waals surface area contributed by atoms with Crippen LogP contribution >= 0.6 is 24.0 Å². The topological polar surface area (TPSA) is 87.2 Å². The summed E-state index contributed by atoms with van der Waals surface area (Å²) in [7, 11) is 0. The molecule has 0 bridgehead atoms. The number of hydrogen-bond donors (Lipinski definition) is 3. The third-order valence-electron chi connectivity index (χ3n) is 4.80. The molecule has 1 fully saturated rings. The molecule has 1 aliphatic rings. The van der Waals surface area contributed by atoms with Crippen LogP contribution in [-0.4, -0.2) is 68.0 Å². The van der Waals surface area contributed by atoms with E-state index in [1.807, 2.05) is 27.7 Å². The number of carbonyl (C=O) groups is 1. The van der Waals surface area contributed by atoms with Crippen molar-refractivity contribution in [2.75, 3.05) is 39.3 Å². The van der Waals surface area contributed by atoms with Gasteiger partial charge in [-0.15, -0.1) is 24.0 Å². The predicted octanol–water partition coefficient (Wildman–Crippen LogP) is 3.50. The van der Waals surface area contributed by atoms with E-state index >= 15 is 0 Å². The maximum atomic E-state index is 11.7. The quantitative estimate of drug-likeness (QED) is 0.181. The highest BCUT2D eigenvalue weighted by Crippen LogP contribution is 2.13. The molecule has 1 heterocycles. The van der Waals surface area contributed by atoms with Gasteiger partial charge in [0.15, 0.2) is 5.96 Å². The molecule has 188 valence electrons. The zero-order valence-corrected chi connectivity index (χ0v) is 23.1. The fraction of sp³-hybridized carbons (Fsp3) is 0.667. The van der Waals surface area contributed by atoms with Gasteiger partial charge >= 0.3 is 6.09 Å². The summed E-state index contributed by atoms with van der Waals surface area (Å²) in [6, 6.07) is 8.63. The number of guanidine groups is 1. The summed E-state index contributed by atoms with van der Waals surface area (Å²) in [5, 5.41) is 9.37. The molecule has 1 saturated heterocycles. The fourth-order valence-corrected chi connectivity index (χ4v) is 3.43. The van der Waals surface area contributed by atoms with E-state index < -0.39 is 5.60 Å². The van der Waals surface area contributed by atoms with E-state index in [1.165, 1.54) is 11.1 Å². The molecule has 0 aliphatic carbocycles. The second-order valence-corrected chi connectivity index (χ2v) is 9.14. The molecule has 0 aromatic heterocycles. The van der Waals surface area contributed by atoms with Crippen LogP contribution in [0.5, 0.6) is 0 Å². The van der Waals surface area contributed by atoms with E-state index in [0.29, 0.717) is 25.7 Å². The average molecular weight is 576 g/mol. The van der Waals surface area contributed by atoms with Crippen molar-refractivity contribution in [2.24, 2.45) is 4.99 Å². The van der Waals surface area contributed by atoms with Crippen molar-refractivity contribution >= 4 is 36.0 Å². The molecule has 1 unspecified atom stereocenters. The lowest BCUT2D eigenvalue weighted by molar-refractivity contribution is -0.0212. The number of halogens is 1. The summed E-state index contributed by atoms with van der Waals surface area (Å²) in [4.78, 5) is 18.8. The van der Waals surface area contributed by atoms with Crippen molar-refractivity contribution in [1.82, 2.24) is 20.9 Å². The van der Waals surface area contributed by atoms with Crippen molar-refractivity contribution in [2.45, 2.75) is 65.8 Å². The van der Waals surface area contributed by atoms with Gasteiger partial charge in [-0.3, -0.25) is 4.90 Å². The minimum absolute atomic E-state index is 0. The van der Waals surface area contributed by atoms with Gasteiger partial charge in [0.25, 0.3) is 0 Å². The lowest BCUT2D eigenvalue weighted by Crippen LogP contribution is -2.40. The van der Waals surface area contributed by atoms with Crippen molar-refractivity contribution in [3.8, 4) is 0 Å². The van der Waals surface area contributed by atoms with Crippen molar-refractivity contribution in [3.63, 3.8) is 0 Å². The van der Waals surface area contributed by atoms with Crippen molar-refractivity contribution < 1.29 is 14.3 Å². The van der Waals surface area contributed by atoms with E-state index in [1.54, 1.807) is 0 Å². The SMILES string of the molecule is CCNC(=NCc1cccc(CN2CCOC(C)C2)c1)NCCCNC(=O)OC(C)(C)C.I. The smallest absolute Gasteiger partial charge is 0.407 e. The van der Waals surface area contributed by atoms with E-state index in [9.17, 15) is 4.79 Å². The molecule has 0 radical (unpaired) electrons. The van der Waals surface area contributed by atoms with Gasteiger partial charge in [-0.2, -0.15) is 0 Å². The van der Waals surface area contributed by atoms with E-state index in [4.69, 9.17) is 14.5 Å². The number of nitrogens with one attached hydrogen (secondary N) is 3. The summed E-state index contributed by atoms with van der Waals surface area (Å²) in [6.45, 7) is 16.1. The van der Waals surface area contributed by atoms with Gasteiger partial charge in [-0.1, -0.05) is 24.3 Å². The molecule has 33 heavy (non-hydrogen) atoms. The Bertz CT molecular complexity index is 739. The molecule has 9 heteroatoms. The molecule has 2 rings (SSSR count). The average Bonchev–Trinajstić information content (AvgIpc) is 2.70. The van der Waals surface area contributed by atoms with Gasteiger partial charge in [0.2, 0.25) is 0 Å². The van der Waals surface area contributed by atoms with Crippen LogP contribution in [0.2, 0.25) is 0 Å². The summed E-state index contributed by atoms with van der Waals surface area (Å²) >= 11 is 0. The summed E-state index contributed by atoms with van der Waals surface area (Å²) in [6.07, 6.45) is 0.686. The third kappa shape index (κ3) is 13.0. The van der Waals surface area contributed by atoms with Gasteiger partial charge in [0, 0.05) is 39.3 Å². The van der Waals surface area contributed by atoms with Crippen molar-refractivity contribution in [3.05, 3.63) is 35.4 Å². The van der Waals surface area contributed by atoms with Gasteiger partial charge in [0.05, 0.1) is 19.3 Å². The number of ether oxygens (including phenoxy) is 2. The predicted molar refractivity (Wildman–Crippen MR) is 144 cm³/mol. The first-order valence-corrected chi connectivity index (χ1v) is 11.7. The Hall–Kier alpha value is -1.59. The van der Waals surface area contributed by atoms with Crippen LogP contribution in [-0.2, 0) is 22.6 Å². The Morgan fingerprint density at radius 2 is 1.94 bits per heavy atom. The van der Waals surface area contributed by atoms with Crippen LogP contribution in [0.15, 0.2) is 29.3 Å². The Labute approximate surface area is 216 Å². The molecule has 0 saturated carbocycles. The number of amides is 1. The highest BCUT2D eigenvalue weighted by molar-refractivity contribution is 14.0. The Morgan fingerprint density at radius 1 is 1.21 bits per heavy atom. The fourth-order valence-electron chi connectivity index (χ4n) is 3.43. The van der Waals surface area contributed by atoms with Gasteiger partial charge in [0.1, 0.15) is 5.60 Å². The molecular formula is C24H42IN5O3. The minimum Gasteiger partial charge on any atom is -0.444 e. The first kappa shape index (κ1) is 29.4. The normalized spacial score (nSPS) is 17.1. The number of carbonyl (C=O) groups excluding carboxylic acids is 1. The zero-order valence-electron chi connectivity index (χ0n) is 20.8. The molecule has 1 aromatic carbocycles. The van der Waals surface area contributed by atoms with E-state index in [-0.39, 0.29) is 30.1 Å². The van der Waals surface area contributed by atoms with Gasteiger partial charge in [-0.05, 0) is 52.2 Å². The Balaban J connectivity index is 0.00000544. The molecule has 3 N–H and O–H groups in total. The highest BCUT2D eigenvalue weighted by Gasteiger charge is 2.17. The maximum Gasteiger partial charge on any atom is 0.407 e. The standard InChI is InChI=1S/C24H41N5O3.HI/c1-6-25-22(26-11-8-12-27-23(30)32-24(3,4)5)28-16-20-9-7-10-21(15-20)18-29-13-14-31-19(2)17-29;/h7,9-10,15,19H,6,8,11-14,16-18H2,1-5H3,(H,27,30)(H2,25,26,28);1H. The van der Waals surface area contributed by atoms with Crippen LogP contribution in [0.25, 0.3) is 0 Å². The molecule has 1 aliphatic heterocycles. The van der Waals surface area contributed by atoms with Gasteiger partial charge < -0.3 is 25.4 Å². The Kier molecular flexibility index (Phi) is 13.7. The van der Waals surface area contributed by atoms with Crippen molar-refractivity contribution in [1.29, 1.82) is 0 Å². The first-order valence-electron chi connectivity index (χ1n) is 11.7. The van der Waals surface area contributed by atoms with Crippen LogP contribution in [0.3, 0.4) is 0 Å². The molecule has 0 spiro atoms. The molecule has 1 amide bonds. The number of nitrogens with zero attached hydrogens (tertiary/aromatic N) is 2. The monoisotopic (exact) mass is 575 g/mol. The molecular weight excluding hydrogens is 533 g/mol. The second kappa shape index (κ2) is 15.3. The number of rotatable bonds is 9.